The molecule has 0 saturated carbocycles. The average Bonchev–Trinajstić information content (AvgIpc) is 2.67. The first-order valence-electron chi connectivity index (χ1n) is 9.96. The fourth-order valence-corrected chi connectivity index (χ4v) is 3.89. The molecule has 0 atom stereocenters. The molecule has 0 aromatic carbocycles. The molecule has 2 N–H and O–H groups in total. The van der Waals surface area contributed by atoms with Gasteiger partial charge in [0.05, 0.1) is 11.3 Å². The minimum atomic E-state index is -0.430. The lowest BCUT2D eigenvalue weighted by Gasteiger charge is -2.37. The number of hydrogen-bond acceptors (Lipinski definition) is 5. The van der Waals surface area contributed by atoms with E-state index < -0.39 is 5.91 Å². The van der Waals surface area contributed by atoms with E-state index in [1.165, 1.54) is 0 Å². The first-order valence-corrected chi connectivity index (χ1v) is 9.96. The van der Waals surface area contributed by atoms with Crippen molar-refractivity contribution in [3.63, 3.8) is 0 Å². The van der Waals surface area contributed by atoms with Crippen molar-refractivity contribution in [2.45, 2.75) is 45.7 Å². The van der Waals surface area contributed by atoms with Crippen LogP contribution in [-0.4, -0.2) is 76.8 Å². The molecule has 0 radical (unpaired) electrons. The Labute approximate surface area is 161 Å². The summed E-state index contributed by atoms with van der Waals surface area (Å²) in [4.78, 5) is 34.9. The number of rotatable bonds is 6. The molecule has 1 saturated heterocycles. The van der Waals surface area contributed by atoms with Gasteiger partial charge in [-0.3, -0.25) is 24.4 Å². The van der Waals surface area contributed by atoms with Crippen molar-refractivity contribution in [3.05, 3.63) is 29.1 Å². The van der Waals surface area contributed by atoms with Gasteiger partial charge >= 0.3 is 0 Å². The van der Waals surface area contributed by atoms with Crippen molar-refractivity contribution in [2.75, 3.05) is 39.3 Å². The van der Waals surface area contributed by atoms with Crippen LogP contribution in [0.5, 0.6) is 0 Å². The highest BCUT2D eigenvalue weighted by atomic mass is 16.2. The summed E-state index contributed by atoms with van der Waals surface area (Å²) in [5, 5.41) is 0. The second-order valence-corrected chi connectivity index (χ2v) is 7.83. The number of pyridine rings is 1. The lowest BCUT2D eigenvalue weighted by atomic mass is 10.0. The van der Waals surface area contributed by atoms with Crippen LogP contribution in [0.3, 0.4) is 0 Å². The van der Waals surface area contributed by atoms with Crippen LogP contribution in [0.15, 0.2) is 12.3 Å². The fourth-order valence-electron chi connectivity index (χ4n) is 3.89. The predicted molar refractivity (Wildman–Crippen MR) is 104 cm³/mol. The number of carbonyl (C=O) groups is 2. The van der Waals surface area contributed by atoms with E-state index in [2.05, 4.69) is 28.6 Å². The van der Waals surface area contributed by atoms with Gasteiger partial charge in [-0.1, -0.05) is 0 Å². The van der Waals surface area contributed by atoms with Crippen molar-refractivity contribution in [2.24, 2.45) is 5.73 Å². The molecule has 3 rings (SSSR count). The van der Waals surface area contributed by atoms with E-state index in [1.54, 1.807) is 6.20 Å². The van der Waals surface area contributed by atoms with Crippen LogP contribution in [-0.2, 0) is 17.8 Å². The minimum absolute atomic E-state index is 0.278. The molecule has 2 amide bonds. The van der Waals surface area contributed by atoms with Crippen LogP contribution < -0.4 is 5.73 Å². The van der Waals surface area contributed by atoms with Crippen molar-refractivity contribution in [1.82, 2.24) is 19.7 Å². The third-order valence-electron chi connectivity index (χ3n) is 5.68. The molecule has 148 valence electrons. The van der Waals surface area contributed by atoms with E-state index in [4.69, 9.17) is 5.73 Å². The third kappa shape index (κ3) is 5.05. The highest BCUT2D eigenvalue weighted by molar-refractivity contribution is 5.92. The third-order valence-corrected chi connectivity index (χ3v) is 5.68. The van der Waals surface area contributed by atoms with Crippen LogP contribution in [0, 0.1) is 0 Å². The summed E-state index contributed by atoms with van der Waals surface area (Å²) in [7, 11) is 0. The van der Waals surface area contributed by atoms with E-state index >= 15 is 0 Å². The number of primary amides is 1. The first-order chi connectivity index (χ1) is 12.9. The topological polar surface area (TPSA) is 82.8 Å². The summed E-state index contributed by atoms with van der Waals surface area (Å²) >= 11 is 0. The molecule has 27 heavy (non-hydrogen) atoms. The number of piperazine rings is 1. The number of hydrogen-bond donors (Lipinski definition) is 1. The standard InChI is InChI=1S/C20H31N5O2/c1-15(2)24-8-10-25(11-9-24)19(26)4-3-6-23-7-5-16-12-17(20(21)27)13-22-18(16)14-23/h12-13,15H,3-11,14H2,1-2H3,(H2,21,27). The Morgan fingerprint density at radius 1 is 1.19 bits per heavy atom. The molecule has 0 bridgehead atoms. The second-order valence-electron chi connectivity index (χ2n) is 7.83. The number of carbonyl (C=O) groups excluding carboxylic acids is 2. The normalized spacial score (nSPS) is 18.6. The maximum absolute atomic E-state index is 12.4. The quantitative estimate of drug-likeness (QED) is 0.800. The van der Waals surface area contributed by atoms with Crippen LogP contribution in [0.2, 0.25) is 0 Å². The van der Waals surface area contributed by atoms with Gasteiger partial charge in [0.15, 0.2) is 0 Å². The minimum Gasteiger partial charge on any atom is -0.366 e. The second kappa shape index (κ2) is 8.80. The smallest absolute Gasteiger partial charge is 0.250 e. The van der Waals surface area contributed by atoms with Crippen molar-refractivity contribution in [3.8, 4) is 0 Å². The van der Waals surface area contributed by atoms with Crippen molar-refractivity contribution >= 4 is 11.8 Å². The molecule has 0 unspecified atom stereocenters. The van der Waals surface area contributed by atoms with Crippen LogP contribution >= 0.6 is 0 Å². The van der Waals surface area contributed by atoms with E-state index in [1.807, 2.05) is 11.0 Å². The molecule has 1 aromatic heterocycles. The Morgan fingerprint density at radius 3 is 2.59 bits per heavy atom. The SMILES string of the molecule is CC(C)N1CCN(C(=O)CCCN2CCc3cc(C(N)=O)cnc3C2)CC1. The Hall–Kier alpha value is -1.99. The van der Waals surface area contributed by atoms with Gasteiger partial charge in [0.1, 0.15) is 0 Å². The fraction of sp³-hybridized carbons (Fsp3) is 0.650. The van der Waals surface area contributed by atoms with Gasteiger partial charge in [0.25, 0.3) is 0 Å². The van der Waals surface area contributed by atoms with Crippen molar-refractivity contribution in [1.29, 1.82) is 0 Å². The summed E-state index contributed by atoms with van der Waals surface area (Å²) in [5.74, 6) is -0.152. The molecule has 3 heterocycles. The molecule has 1 aromatic rings. The Kier molecular flexibility index (Phi) is 6.44. The molecule has 2 aliphatic rings. The number of aromatic nitrogens is 1. The molecule has 0 spiro atoms. The molecule has 1 fully saturated rings. The summed E-state index contributed by atoms with van der Waals surface area (Å²) in [5.41, 5.74) is 7.93. The van der Waals surface area contributed by atoms with E-state index in [0.29, 0.717) is 18.0 Å². The highest BCUT2D eigenvalue weighted by Crippen LogP contribution is 2.18. The molecule has 7 heteroatoms. The van der Waals surface area contributed by atoms with Gasteiger partial charge in [-0.15, -0.1) is 0 Å². The Bertz CT molecular complexity index is 683. The monoisotopic (exact) mass is 373 g/mol. The van der Waals surface area contributed by atoms with Crippen molar-refractivity contribution < 1.29 is 9.59 Å². The van der Waals surface area contributed by atoms with E-state index in [0.717, 1.165) is 69.9 Å². The zero-order chi connectivity index (χ0) is 19.4. The number of nitrogens with zero attached hydrogens (tertiary/aromatic N) is 4. The van der Waals surface area contributed by atoms with Crippen LogP contribution in [0.4, 0.5) is 0 Å². The van der Waals surface area contributed by atoms with Gasteiger partial charge in [-0.2, -0.15) is 0 Å². The summed E-state index contributed by atoms with van der Waals surface area (Å²) in [6.07, 6.45) is 3.91. The largest absolute Gasteiger partial charge is 0.366 e. The summed E-state index contributed by atoms with van der Waals surface area (Å²) < 4.78 is 0. The highest BCUT2D eigenvalue weighted by Gasteiger charge is 2.23. The van der Waals surface area contributed by atoms with Gasteiger partial charge in [-0.05, 0) is 44.9 Å². The molecule has 7 nitrogen and oxygen atoms in total. The van der Waals surface area contributed by atoms with E-state index in [-0.39, 0.29) is 5.91 Å². The van der Waals surface area contributed by atoms with Crippen LogP contribution in [0.25, 0.3) is 0 Å². The Balaban J connectivity index is 1.41. The number of fused-ring (bicyclic) bond motifs is 1. The first kappa shape index (κ1) is 19.8. The molecule has 2 aliphatic heterocycles. The van der Waals surface area contributed by atoms with E-state index in [9.17, 15) is 9.59 Å². The van der Waals surface area contributed by atoms with Gasteiger partial charge < -0.3 is 10.6 Å². The number of nitrogens with two attached hydrogens (primary N) is 1. The predicted octanol–water partition coefficient (Wildman–Crippen LogP) is 0.871. The van der Waals surface area contributed by atoms with Crippen LogP contribution in [0.1, 0.15) is 48.3 Å². The van der Waals surface area contributed by atoms with Gasteiger partial charge in [0, 0.05) is 57.9 Å². The summed E-state index contributed by atoms with van der Waals surface area (Å²) in [6, 6.07) is 2.42. The van der Waals surface area contributed by atoms with Gasteiger partial charge in [-0.25, -0.2) is 0 Å². The molecule has 0 aliphatic carbocycles. The molecular formula is C20H31N5O2. The zero-order valence-electron chi connectivity index (χ0n) is 16.5. The van der Waals surface area contributed by atoms with Gasteiger partial charge in [0.2, 0.25) is 11.8 Å². The number of amides is 2. The Morgan fingerprint density at radius 2 is 1.93 bits per heavy atom. The summed E-state index contributed by atoms with van der Waals surface area (Å²) in [6.45, 7) is 10.7. The molecular weight excluding hydrogens is 342 g/mol. The maximum atomic E-state index is 12.4. The average molecular weight is 374 g/mol. The lowest BCUT2D eigenvalue weighted by molar-refractivity contribution is -0.133. The zero-order valence-corrected chi connectivity index (χ0v) is 16.5. The maximum Gasteiger partial charge on any atom is 0.250 e. The lowest BCUT2D eigenvalue weighted by Crippen LogP contribution is -2.50.